The number of aliphatic hydroxyl groups is 1. The third kappa shape index (κ3) is 5.07. The fourth-order valence-electron chi connectivity index (χ4n) is 4.57. The van der Waals surface area contributed by atoms with Crippen molar-refractivity contribution in [3.63, 3.8) is 0 Å². The van der Waals surface area contributed by atoms with E-state index in [0.717, 1.165) is 56.1 Å². The Morgan fingerprint density at radius 1 is 0.971 bits per heavy atom. The van der Waals surface area contributed by atoms with Crippen LogP contribution in [0.3, 0.4) is 0 Å². The number of nitrogens with zero attached hydrogens (tertiary/aromatic N) is 3. The highest BCUT2D eigenvalue weighted by Crippen LogP contribution is 2.36. The molecule has 0 radical (unpaired) electrons. The molecule has 2 aliphatic heterocycles. The molecule has 0 aliphatic carbocycles. The van der Waals surface area contributed by atoms with E-state index < -0.39 is 0 Å². The molecule has 1 fully saturated rings. The van der Waals surface area contributed by atoms with Crippen LogP contribution < -0.4 is 16.0 Å². The molecule has 9 nitrogen and oxygen atoms in total. The molecule has 35 heavy (non-hydrogen) atoms. The maximum atomic E-state index is 13.3. The number of carbonyl (C=O) groups is 1. The van der Waals surface area contributed by atoms with Gasteiger partial charge in [0.1, 0.15) is 17.1 Å². The van der Waals surface area contributed by atoms with Crippen LogP contribution >= 0.6 is 0 Å². The second-order valence-corrected chi connectivity index (χ2v) is 9.01. The number of fused-ring (bicyclic) bond motifs is 2. The summed E-state index contributed by atoms with van der Waals surface area (Å²) < 4.78 is 0. The van der Waals surface area contributed by atoms with Gasteiger partial charge < -0.3 is 26.2 Å². The van der Waals surface area contributed by atoms with Crippen LogP contribution in [0.1, 0.15) is 21.5 Å². The first-order chi connectivity index (χ1) is 17.0. The number of phenolic OH excluding ortho intramolecular Hbond substituents is 1. The Kier molecular flexibility index (Phi) is 6.54. The second-order valence-electron chi connectivity index (χ2n) is 9.01. The summed E-state index contributed by atoms with van der Waals surface area (Å²) in [6.45, 7) is 7.43. The van der Waals surface area contributed by atoms with E-state index in [1.165, 1.54) is 0 Å². The fourth-order valence-corrected chi connectivity index (χ4v) is 4.57. The van der Waals surface area contributed by atoms with Crippen molar-refractivity contribution in [2.45, 2.75) is 13.5 Å². The average Bonchev–Trinajstić information content (AvgIpc) is 2.98. The standard InChI is InChI=1S/C26H30N6O3/c1-17-2-4-19(34)15-22(17)28-21-6-7-27-25-24(21)26(35)30-23-14-18(3-5-20(23)29-25)16-32-10-8-31(9-11-32)12-13-33/h2-7,14-15,33-34H,8-13,16H2,1H3,(H,30,35)(H2,27,28,29). The second kappa shape index (κ2) is 9.91. The highest BCUT2D eigenvalue weighted by atomic mass is 16.3. The number of anilines is 5. The van der Waals surface area contributed by atoms with E-state index in [0.29, 0.717) is 28.4 Å². The van der Waals surface area contributed by atoms with Gasteiger partial charge in [-0.25, -0.2) is 4.98 Å². The average molecular weight is 475 g/mol. The van der Waals surface area contributed by atoms with E-state index in [-0.39, 0.29) is 18.3 Å². The van der Waals surface area contributed by atoms with Crippen molar-refractivity contribution in [1.29, 1.82) is 0 Å². The van der Waals surface area contributed by atoms with Crippen LogP contribution in [0.15, 0.2) is 48.7 Å². The van der Waals surface area contributed by atoms with Gasteiger partial charge in [-0.1, -0.05) is 12.1 Å². The minimum absolute atomic E-state index is 0.149. The number of benzene rings is 2. The van der Waals surface area contributed by atoms with Crippen molar-refractivity contribution in [3.8, 4) is 5.75 Å². The van der Waals surface area contributed by atoms with E-state index in [2.05, 4.69) is 36.8 Å². The van der Waals surface area contributed by atoms with Gasteiger partial charge in [0.25, 0.3) is 5.91 Å². The quantitative estimate of drug-likeness (QED) is 0.370. The number of aryl methyl sites for hydroxylation is 1. The van der Waals surface area contributed by atoms with Gasteiger partial charge in [-0.3, -0.25) is 14.6 Å². The fraction of sp³-hybridized carbons (Fsp3) is 0.308. The number of aromatic nitrogens is 1. The Hall–Kier alpha value is -3.66. The molecule has 1 amide bonds. The molecule has 2 aromatic carbocycles. The van der Waals surface area contributed by atoms with Crippen molar-refractivity contribution in [2.75, 3.05) is 55.3 Å². The Balaban J connectivity index is 1.35. The van der Waals surface area contributed by atoms with Gasteiger partial charge in [-0.2, -0.15) is 0 Å². The Labute approximate surface area is 204 Å². The molecule has 5 rings (SSSR count). The molecule has 1 aromatic heterocycles. The predicted molar refractivity (Wildman–Crippen MR) is 137 cm³/mol. The number of aliphatic hydroxyl groups excluding tert-OH is 1. The summed E-state index contributed by atoms with van der Waals surface area (Å²) in [5.74, 6) is 0.363. The van der Waals surface area contributed by atoms with Crippen LogP contribution in [0.4, 0.5) is 28.6 Å². The maximum Gasteiger partial charge on any atom is 0.261 e. The number of β-amino-alcohol motifs (C(OH)–C–C–N with tert-alkyl or cyclic N) is 1. The third-order valence-corrected chi connectivity index (χ3v) is 6.54. The minimum atomic E-state index is -0.255. The van der Waals surface area contributed by atoms with Crippen LogP contribution in [-0.2, 0) is 6.54 Å². The molecule has 0 bridgehead atoms. The van der Waals surface area contributed by atoms with E-state index in [1.807, 2.05) is 25.1 Å². The molecule has 1 saturated heterocycles. The number of rotatable bonds is 6. The van der Waals surface area contributed by atoms with Gasteiger partial charge in [-0.15, -0.1) is 0 Å². The largest absolute Gasteiger partial charge is 0.508 e. The number of hydrogen-bond acceptors (Lipinski definition) is 8. The number of pyridine rings is 1. The zero-order valence-corrected chi connectivity index (χ0v) is 19.7. The van der Waals surface area contributed by atoms with Gasteiger partial charge in [0, 0.05) is 57.2 Å². The normalized spacial score (nSPS) is 16.0. The highest BCUT2D eigenvalue weighted by molar-refractivity contribution is 6.15. The number of nitrogens with one attached hydrogen (secondary N) is 3. The molecule has 182 valence electrons. The monoisotopic (exact) mass is 474 g/mol. The molecular formula is C26H30N6O3. The summed E-state index contributed by atoms with van der Waals surface area (Å²) in [6, 6.07) is 12.9. The molecule has 3 heterocycles. The zero-order chi connectivity index (χ0) is 24.4. The van der Waals surface area contributed by atoms with Crippen LogP contribution in [-0.4, -0.2) is 70.2 Å². The molecule has 0 atom stereocenters. The van der Waals surface area contributed by atoms with E-state index in [9.17, 15) is 9.90 Å². The van der Waals surface area contributed by atoms with Crippen LogP contribution in [0.25, 0.3) is 0 Å². The lowest BCUT2D eigenvalue weighted by atomic mass is 10.1. The van der Waals surface area contributed by atoms with Crippen LogP contribution in [0, 0.1) is 6.92 Å². The smallest absolute Gasteiger partial charge is 0.261 e. The Bertz CT molecular complexity index is 1240. The first kappa shape index (κ1) is 23.1. The van der Waals surface area contributed by atoms with E-state index >= 15 is 0 Å². The number of hydrogen-bond donors (Lipinski definition) is 5. The Morgan fingerprint density at radius 2 is 1.77 bits per heavy atom. The lowest BCUT2D eigenvalue weighted by Crippen LogP contribution is -2.46. The van der Waals surface area contributed by atoms with Gasteiger partial charge >= 0.3 is 0 Å². The van der Waals surface area contributed by atoms with Gasteiger partial charge in [-0.05, 0) is 42.3 Å². The van der Waals surface area contributed by atoms with Gasteiger partial charge in [0.05, 0.1) is 23.7 Å². The minimum Gasteiger partial charge on any atom is -0.508 e. The van der Waals surface area contributed by atoms with Crippen LogP contribution in [0.5, 0.6) is 5.75 Å². The number of phenols is 1. The summed E-state index contributed by atoms with van der Waals surface area (Å²) >= 11 is 0. The lowest BCUT2D eigenvalue weighted by molar-refractivity contribution is 0.102. The SMILES string of the molecule is Cc1ccc(O)cc1Nc1ccnc2c1C(=O)Nc1cc(CN3CCN(CCO)CC3)ccc1N2. The van der Waals surface area contributed by atoms with Crippen molar-refractivity contribution in [1.82, 2.24) is 14.8 Å². The number of carbonyl (C=O) groups excluding carboxylic acids is 1. The topological polar surface area (TPSA) is 113 Å². The highest BCUT2D eigenvalue weighted by Gasteiger charge is 2.24. The summed E-state index contributed by atoms with van der Waals surface area (Å²) in [6.07, 6.45) is 1.65. The van der Waals surface area contributed by atoms with Crippen molar-refractivity contribution in [2.24, 2.45) is 0 Å². The number of aromatic hydroxyl groups is 1. The molecule has 0 saturated carbocycles. The van der Waals surface area contributed by atoms with Crippen LogP contribution in [0.2, 0.25) is 0 Å². The first-order valence-corrected chi connectivity index (χ1v) is 11.8. The van der Waals surface area contributed by atoms with Gasteiger partial charge in [0.2, 0.25) is 0 Å². The summed E-state index contributed by atoms with van der Waals surface area (Å²) in [5.41, 5.74) is 5.29. The molecular weight excluding hydrogens is 444 g/mol. The van der Waals surface area contributed by atoms with E-state index in [1.54, 1.807) is 24.4 Å². The third-order valence-electron chi connectivity index (χ3n) is 6.54. The van der Waals surface area contributed by atoms with Crippen molar-refractivity contribution >= 4 is 34.5 Å². The van der Waals surface area contributed by atoms with Crippen molar-refractivity contribution < 1.29 is 15.0 Å². The number of piperazine rings is 1. The van der Waals surface area contributed by atoms with Gasteiger partial charge in [0.15, 0.2) is 0 Å². The summed E-state index contributed by atoms with van der Waals surface area (Å²) in [4.78, 5) is 22.4. The maximum absolute atomic E-state index is 13.3. The zero-order valence-electron chi connectivity index (χ0n) is 19.7. The van der Waals surface area contributed by atoms with Crippen molar-refractivity contribution in [3.05, 3.63) is 65.4 Å². The summed E-state index contributed by atoms with van der Waals surface area (Å²) in [7, 11) is 0. The first-order valence-electron chi connectivity index (χ1n) is 11.8. The lowest BCUT2D eigenvalue weighted by Gasteiger charge is -2.34. The molecule has 2 aliphatic rings. The number of amides is 1. The molecule has 3 aromatic rings. The summed E-state index contributed by atoms with van der Waals surface area (Å²) in [5, 5.41) is 28.7. The van der Waals surface area contributed by atoms with E-state index in [4.69, 9.17) is 5.11 Å². The molecule has 5 N–H and O–H groups in total. The molecule has 0 unspecified atom stereocenters. The molecule has 0 spiro atoms. The predicted octanol–water partition coefficient (Wildman–Crippen LogP) is 3.26. The Morgan fingerprint density at radius 3 is 2.57 bits per heavy atom. The molecule has 9 heteroatoms.